The maximum absolute atomic E-state index is 5.50. The number of furan rings is 1. The second kappa shape index (κ2) is 4.62. The van der Waals surface area contributed by atoms with Crippen molar-refractivity contribution in [1.29, 1.82) is 0 Å². The maximum Gasteiger partial charge on any atom is 0.231 e. The van der Waals surface area contributed by atoms with Gasteiger partial charge in [-0.3, -0.25) is 0 Å². The van der Waals surface area contributed by atoms with Gasteiger partial charge in [0.15, 0.2) is 17.4 Å². The predicted octanol–water partition coefficient (Wildman–Crippen LogP) is 1.88. The number of anilines is 1. The van der Waals surface area contributed by atoms with Crippen molar-refractivity contribution in [2.75, 3.05) is 12.5 Å². The van der Waals surface area contributed by atoms with Gasteiger partial charge in [0.25, 0.3) is 0 Å². The summed E-state index contributed by atoms with van der Waals surface area (Å²) in [6, 6.07) is 9.52. The number of rotatable bonds is 4. The monoisotopic (exact) mass is 246 g/mol. The summed E-state index contributed by atoms with van der Waals surface area (Å²) in [5.41, 5.74) is 6.64. The second-order valence-electron chi connectivity index (χ2n) is 4.10. The van der Waals surface area contributed by atoms with Gasteiger partial charge < -0.3 is 24.9 Å². The third kappa shape index (κ3) is 2.26. The fourth-order valence-corrected chi connectivity index (χ4v) is 1.87. The van der Waals surface area contributed by atoms with E-state index in [-0.39, 0.29) is 0 Å². The van der Waals surface area contributed by atoms with Gasteiger partial charge >= 0.3 is 0 Å². The van der Waals surface area contributed by atoms with E-state index in [1.165, 1.54) is 0 Å². The average Bonchev–Trinajstić information content (AvgIpc) is 2.97. The molecule has 1 aliphatic heterocycles. The largest absolute Gasteiger partial charge is 0.454 e. The number of hydrogen-bond acceptors (Lipinski definition) is 5. The Labute approximate surface area is 104 Å². The van der Waals surface area contributed by atoms with Crippen molar-refractivity contribution in [3.8, 4) is 11.5 Å². The van der Waals surface area contributed by atoms with Crippen molar-refractivity contribution in [1.82, 2.24) is 5.32 Å². The fraction of sp³-hybridized carbons (Fsp3) is 0.231. The molecule has 94 valence electrons. The van der Waals surface area contributed by atoms with Crippen LogP contribution in [0.25, 0.3) is 0 Å². The van der Waals surface area contributed by atoms with E-state index in [0.717, 1.165) is 29.4 Å². The molecule has 0 saturated heterocycles. The molecular weight excluding hydrogens is 232 g/mol. The highest BCUT2D eigenvalue weighted by molar-refractivity contribution is 5.44. The van der Waals surface area contributed by atoms with E-state index in [2.05, 4.69) is 5.32 Å². The molecule has 1 aromatic heterocycles. The lowest BCUT2D eigenvalue weighted by atomic mass is 10.2. The number of benzene rings is 1. The van der Waals surface area contributed by atoms with Crippen LogP contribution >= 0.6 is 0 Å². The van der Waals surface area contributed by atoms with Gasteiger partial charge in [0.05, 0.1) is 6.54 Å². The van der Waals surface area contributed by atoms with Gasteiger partial charge in [0.2, 0.25) is 6.79 Å². The topological polar surface area (TPSA) is 69.7 Å². The van der Waals surface area contributed by atoms with E-state index < -0.39 is 0 Å². The summed E-state index contributed by atoms with van der Waals surface area (Å²) < 4.78 is 15.8. The number of ether oxygens (including phenoxy) is 2. The SMILES string of the molecule is Nc1ccc(CNCc2ccc3c(c2)OCO3)o1. The first-order valence-corrected chi connectivity index (χ1v) is 5.75. The van der Waals surface area contributed by atoms with E-state index in [0.29, 0.717) is 19.2 Å². The van der Waals surface area contributed by atoms with Gasteiger partial charge in [-0.15, -0.1) is 0 Å². The first kappa shape index (κ1) is 11.0. The lowest BCUT2D eigenvalue weighted by Crippen LogP contribution is -2.12. The van der Waals surface area contributed by atoms with E-state index in [4.69, 9.17) is 19.6 Å². The first-order chi connectivity index (χ1) is 8.81. The Kier molecular flexibility index (Phi) is 2.82. The van der Waals surface area contributed by atoms with Crippen LogP contribution in [0.1, 0.15) is 11.3 Å². The zero-order valence-corrected chi connectivity index (χ0v) is 9.81. The highest BCUT2D eigenvalue weighted by Gasteiger charge is 2.12. The Morgan fingerprint density at radius 2 is 1.94 bits per heavy atom. The van der Waals surface area contributed by atoms with Gasteiger partial charge in [0, 0.05) is 12.6 Å². The summed E-state index contributed by atoms with van der Waals surface area (Å²) in [7, 11) is 0. The molecular formula is C13H14N2O3. The third-order valence-electron chi connectivity index (χ3n) is 2.75. The second-order valence-corrected chi connectivity index (χ2v) is 4.10. The van der Waals surface area contributed by atoms with Crippen molar-refractivity contribution < 1.29 is 13.9 Å². The molecule has 0 unspecified atom stereocenters. The van der Waals surface area contributed by atoms with Crippen LogP contribution in [0.5, 0.6) is 11.5 Å². The molecule has 0 fully saturated rings. The normalized spacial score (nSPS) is 12.9. The van der Waals surface area contributed by atoms with Crippen LogP contribution in [-0.2, 0) is 13.1 Å². The first-order valence-electron chi connectivity index (χ1n) is 5.75. The summed E-state index contributed by atoms with van der Waals surface area (Å²) in [4.78, 5) is 0. The average molecular weight is 246 g/mol. The molecule has 5 heteroatoms. The molecule has 0 spiro atoms. The van der Waals surface area contributed by atoms with Gasteiger partial charge in [-0.05, 0) is 23.8 Å². The van der Waals surface area contributed by atoms with Crippen molar-refractivity contribution in [3.05, 3.63) is 41.7 Å². The molecule has 0 aliphatic carbocycles. The molecule has 3 rings (SSSR count). The molecule has 2 heterocycles. The van der Waals surface area contributed by atoms with Crippen LogP contribution in [0, 0.1) is 0 Å². The number of nitrogens with two attached hydrogens (primary N) is 1. The van der Waals surface area contributed by atoms with E-state index >= 15 is 0 Å². The zero-order valence-electron chi connectivity index (χ0n) is 9.81. The van der Waals surface area contributed by atoms with Crippen molar-refractivity contribution >= 4 is 5.88 Å². The molecule has 0 radical (unpaired) electrons. The summed E-state index contributed by atoms with van der Waals surface area (Å²) in [5.74, 6) is 2.87. The lowest BCUT2D eigenvalue weighted by molar-refractivity contribution is 0.174. The molecule has 0 saturated carbocycles. The van der Waals surface area contributed by atoms with Crippen LogP contribution < -0.4 is 20.5 Å². The quantitative estimate of drug-likeness (QED) is 0.862. The minimum Gasteiger partial charge on any atom is -0.454 e. The van der Waals surface area contributed by atoms with Crippen molar-refractivity contribution in [3.63, 3.8) is 0 Å². The Morgan fingerprint density at radius 1 is 1.06 bits per heavy atom. The molecule has 1 aromatic carbocycles. The van der Waals surface area contributed by atoms with Crippen LogP contribution in [0.4, 0.5) is 5.88 Å². The van der Waals surface area contributed by atoms with Crippen molar-refractivity contribution in [2.24, 2.45) is 0 Å². The Bertz CT molecular complexity index is 551. The smallest absolute Gasteiger partial charge is 0.231 e. The fourth-order valence-electron chi connectivity index (χ4n) is 1.87. The predicted molar refractivity (Wildman–Crippen MR) is 66.2 cm³/mol. The third-order valence-corrected chi connectivity index (χ3v) is 2.75. The van der Waals surface area contributed by atoms with Crippen LogP contribution in [0.3, 0.4) is 0 Å². The Hall–Kier alpha value is -2.14. The van der Waals surface area contributed by atoms with Gasteiger partial charge in [-0.2, -0.15) is 0 Å². The van der Waals surface area contributed by atoms with E-state index in [9.17, 15) is 0 Å². The molecule has 0 amide bonds. The summed E-state index contributed by atoms with van der Waals surface area (Å²) in [6.45, 7) is 1.68. The summed E-state index contributed by atoms with van der Waals surface area (Å²) in [5, 5.41) is 3.28. The molecule has 2 aromatic rings. The molecule has 3 N–H and O–H groups in total. The Balaban J connectivity index is 1.57. The highest BCUT2D eigenvalue weighted by Crippen LogP contribution is 2.32. The number of fused-ring (bicyclic) bond motifs is 1. The van der Waals surface area contributed by atoms with Gasteiger partial charge in [0.1, 0.15) is 5.76 Å². The maximum atomic E-state index is 5.50. The standard InChI is InChI=1S/C13H14N2O3/c14-13-4-2-10(18-13)7-15-6-9-1-3-11-12(5-9)17-8-16-11/h1-5,15H,6-8,14H2. The van der Waals surface area contributed by atoms with Crippen LogP contribution in [0.2, 0.25) is 0 Å². The molecule has 0 bridgehead atoms. The Morgan fingerprint density at radius 3 is 2.78 bits per heavy atom. The number of hydrogen-bond donors (Lipinski definition) is 2. The van der Waals surface area contributed by atoms with E-state index in [1.54, 1.807) is 6.07 Å². The van der Waals surface area contributed by atoms with Crippen molar-refractivity contribution in [2.45, 2.75) is 13.1 Å². The summed E-state index contributed by atoms with van der Waals surface area (Å²) >= 11 is 0. The number of nitrogens with one attached hydrogen (secondary N) is 1. The minimum absolute atomic E-state index is 0.303. The van der Waals surface area contributed by atoms with Gasteiger partial charge in [-0.25, -0.2) is 0 Å². The highest BCUT2D eigenvalue weighted by atomic mass is 16.7. The summed E-state index contributed by atoms with van der Waals surface area (Å²) in [6.07, 6.45) is 0. The number of nitrogen functional groups attached to an aromatic ring is 1. The molecule has 5 nitrogen and oxygen atoms in total. The van der Waals surface area contributed by atoms with E-state index in [1.807, 2.05) is 24.3 Å². The molecule has 0 atom stereocenters. The minimum atomic E-state index is 0.303. The molecule has 1 aliphatic rings. The van der Waals surface area contributed by atoms with Crippen LogP contribution in [-0.4, -0.2) is 6.79 Å². The zero-order chi connectivity index (χ0) is 12.4. The lowest BCUT2D eigenvalue weighted by Gasteiger charge is -2.04. The molecule has 18 heavy (non-hydrogen) atoms. The van der Waals surface area contributed by atoms with Gasteiger partial charge in [-0.1, -0.05) is 6.07 Å². The van der Waals surface area contributed by atoms with Crippen LogP contribution in [0.15, 0.2) is 34.7 Å².